The van der Waals surface area contributed by atoms with Crippen molar-refractivity contribution in [2.75, 3.05) is 37.9 Å². The highest BCUT2D eigenvalue weighted by atomic mass is 35.5. The Kier molecular flexibility index (Phi) is 6.19. The largest absolute Gasteiger partial charge is 0.379 e. The standard InChI is InChI=1S/C16H17ClN4O6S2/c1-28(23,24)16-18-10-13(17)14(20-16)15(22)19-11-2-4-12(5-3-11)29(25,26)21-6-8-27-9-7-21/h2-5,10H,6-9H2,1H3,(H,19,22). The Hall–Kier alpha value is -2.12. The number of morpholine rings is 1. The average molecular weight is 461 g/mol. The maximum absolute atomic E-state index is 12.6. The van der Waals surface area contributed by atoms with Gasteiger partial charge in [0.1, 0.15) is 0 Å². The summed E-state index contributed by atoms with van der Waals surface area (Å²) in [4.78, 5) is 19.8. The van der Waals surface area contributed by atoms with Gasteiger partial charge in [0.25, 0.3) is 5.91 Å². The number of sulfonamides is 1. The smallest absolute Gasteiger partial charge is 0.275 e. The number of hydrogen-bond acceptors (Lipinski definition) is 8. The first-order chi connectivity index (χ1) is 13.6. The third kappa shape index (κ3) is 4.90. The van der Waals surface area contributed by atoms with Crippen LogP contribution in [0.25, 0.3) is 0 Å². The number of nitrogens with zero attached hydrogens (tertiary/aromatic N) is 3. The van der Waals surface area contributed by atoms with E-state index < -0.39 is 30.9 Å². The fourth-order valence-corrected chi connectivity index (χ4v) is 4.61. The lowest BCUT2D eigenvalue weighted by molar-refractivity contribution is 0.0730. The van der Waals surface area contributed by atoms with Crippen LogP contribution in [-0.4, -0.2) is 69.6 Å². The van der Waals surface area contributed by atoms with E-state index in [-0.39, 0.29) is 34.4 Å². The predicted octanol–water partition coefficient (Wildman–Crippen LogP) is 0.807. The molecule has 1 fully saturated rings. The molecule has 1 amide bonds. The molecular weight excluding hydrogens is 444 g/mol. The Balaban J connectivity index is 1.79. The van der Waals surface area contributed by atoms with E-state index in [1.54, 1.807) is 0 Å². The minimum atomic E-state index is -3.72. The van der Waals surface area contributed by atoms with Gasteiger partial charge < -0.3 is 10.1 Å². The summed E-state index contributed by atoms with van der Waals surface area (Å²) in [6, 6.07) is 5.56. The molecule has 0 atom stereocenters. The van der Waals surface area contributed by atoms with Gasteiger partial charge in [0.15, 0.2) is 5.69 Å². The minimum absolute atomic E-state index is 0.0804. The first-order valence-electron chi connectivity index (χ1n) is 8.31. The summed E-state index contributed by atoms with van der Waals surface area (Å²) in [5.41, 5.74) is -0.0291. The van der Waals surface area contributed by atoms with Crippen LogP contribution in [0.1, 0.15) is 10.5 Å². The zero-order valence-corrected chi connectivity index (χ0v) is 17.6. The van der Waals surface area contributed by atoms with E-state index in [1.165, 1.54) is 28.6 Å². The van der Waals surface area contributed by atoms with Gasteiger partial charge in [-0.05, 0) is 24.3 Å². The van der Waals surface area contributed by atoms with E-state index in [1.807, 2.05) is 0 Å². The van der Waals surface area contributed by atoms with Crippen molar-refractivity contribution in [2.24, 2.45) is 0 Å². The van der Waals surface area contributed by atoms with Gasteiger partial charge in [0.2, 0.25) is 25.0 Å². The molecule has 156 valence electrons. The van der Waals surface area contributed by atoms with Gasteiger partial charge in [-0.15, -0.1) is 0 Å². The van der Waals surface area contributed by atoms with E-state index in [9.17, 15) is 21.6 Å². The maximum atomic E-state index is 12.6. The van der Waals surface area contributed by atoms with Crippen molar-refractivity contribution in [1.82, 2.24) is 14.3 Å². The Bertz CT molecular complexity index is 1130. The number of nitrogens with one attached hydrogen (secondary N) is 1. The van der Waals surface area contributed by atoms with Gasteiger partial charge in [-0.3, -0.25) is 4.79 Å². The number of rotatable bonds is 5. The second-order valence-corrected chi connectivity index (χ2v) is 10.4. The highest BCUT2D eigenvalue weighted by Crippen LogP contribution is 2.21. The summed E-state index contributed by atoms with van der Waals surface area (Å²) in [5.74, 6) is -0.758. The van der Waals surface area contributed by atoms with Gasteiger partial charge in [-0.25, -0.2) is 26.8 Å². The van der Waals surface area contributed by atoms with Crippen LogP contribution in [0.4, 0.5) is 5.69 Å². The highest BCUT2D eigenvalue weighted by Gasteiger charge is 2.26. The minimum Gasteiger partial charge on any atom is -0.379 e. The number of aromatic nitrogens is 2. The number of carbonyl (C=O) groups excluding carboxylic acids is 1. The van der Waals surface area contributed by atoms with Crippen molar-refractivity contribution in [3.63, 3.8) is 0 Å². The van der Waals surface area contributed by atoms with Crippen LogP contribution in [0.3, 0.4) is 0 Å². The number of anilines is 1. The molecule has 0 radical (unpaired) electrons. The number of amides is 1. The van der Waals surface area contributed by atoms with Crippen LogP contribution in [-0.2, 0) is 24.6 Å². The Morgan fingerprint density at radius 1 is 1.14 bits per heavy atom. The predicted molar refractivity (Wildman–Crippen MR) is 104 cm³/mol. The fourth-order valence-electron chi connectivity index (χ4n) is 2.53. The lowest BCUT2D eigenvalue weighted by atomic mass is 10.3. The van der Waals surface area contributed by atoms with E-state index in [4.69, 9.17) is 16.3 Å². The van der Waals surface area contributed by atoms with Gasteiger partial charge in [0, 0.05) is 25.0 Å². The summed E-state index contributed by atoms with van der Waals surface area (Å²) in [6.07, 6.45) is 1.93. The zero-order valence-electron chi connectivity index (χ0n) is 15.2. The number of carbonyl (C=O) groups is 1. The summed E-state index contributed by atoms with van der Waals surface area (Å²) in [7, 11) is -7.38. The van der Waals surface area contributed by atoms with E-state index in [0.717, 1.165) is 12.5 Å². The third-order valence-electron chi connectivity index (χ3n) is 3.99. The molecular formula is C16H17ClN4O6S2. The molecule has 2 aromatic rings. The molecule has 29 heavy (non-hydrogen) atoms. The van der Waals surface area contributed by atoms with E-state index in [0.29, 0.717) is 13.2 Å². The highest BCUT2D eigenvalue weighted by molar-refractivity contribution is 7.90. The molecule has 0 unspecified atom stereocenters. The van der Waals surface area contributed by atoms with Crippen LogP contribution in [0.5, 0.6) is 0 Å². The molecule has 1 aliphatic heterocycles. The Morgan fingerprint density at radius 3 is 2.34 bits per heavy atom. The number of halogens is 1. The lowest BCUT2D eigenvalue weighted by Gasteiger charge is -2.26. The van der Waals surface area contributed by atoms with Crippen molar-refractivity contribution in [3.8, 4) is 0 Å². The molecule has 1 aromatic heterocycles. The molecule has 10 nitrogen and oxygen atoms in total. The van der Waals surface area contributed by atoms with Gasteiger partial charge in [-0.1, -0.05) is 11.6 Å². The monoisotopic (exact) mass is 460 g/mol. The quantitative estimate of drug-likeness (QED) is 0.647. The lowest BCUT2D eigenvalue weighted by Crippen LogP contribution is -2.40. The number of hydrogen-bond donors (Lipinski definition) is 1. The first-order valence-corrected chi connectivity index (χ1v) is 12.0. The second-order valence-electron chi connectivity index (χ2n) is 6.12. The molecule has 2 heterocycles. The number of benzene rings is 1. The normalized spacial score (nSPS) is 15.8. The molecule has 0 spiro atoms. The van der Waals surface area contributed by atoms with Crippen LogP contribution in [0.15, 0.2) is 40.5 Å². The van der Waals surface area contributed by atoms with Gasteiger partial charge >= 0.3 is 0 Å². The second kappa shape index (κ2) is 8.32. The topological polar surface area (TPSA) is 136 Å². The number of sulfone groups is 1. The summed E-state index contributed by atoms with van der Waals surface area (Å²) < 4.78 is 54.9. The molecule has 0 saturated carbocycles. The molecule has 13 heteroatoms. The maximum Gasteiger partial charge on any atom is 0.275 e. The molecule has 1 N–H and O–H groups in total. The van der Waals surface area contributed by atoms with Crippen LogP contribution < -0.4 is 5.32 Å². The molecule has 0 aliphatic carbocycles. The van der Waals surface area contributed by atoms with E-state index >= 15 is 0 Å². The van der Waals surface area contributed by atoms with Crippen LogP contribution in [0.2, 0.25) is 5.02 Å². The molecule has 0 bridgehead atoms. The zero-order chi connectivity index (χ0) is 21.2. The molecule has 1 aliphatic rings. The Morgan fingerprint density at radius 2 is 1.76 bits per heavy atom. The Labute approximate surface area is 172 Å². The molecule has 1 aromatic carbocycles. The van der Waals surface area contributed by atoms with Crippen LogP contribution >= 0.6 is 11.6 Å². The molecule has 3 rings (SSSR count). The van der Waals surface area contributed by atoms with Gasteiger partial charge in [-0.2, -0.15) is 4.31 Å². The summed E-state index contributed by atoms with van der Waals surface area (Å²) in [6.45, 7) is 1.22. The van der Waals surface area contributed by atoms with Gasteiger partial charge in [0.05, 0.1) is 29.3 Å². The fraction of sp³-hybridized carbons (Fsp3) is 0.312. The number of ether oxygens (including phenoxy) is 1. The first kappa shape index (κ1) is 21.6. The molecule has 1 saturated heterocycles. The van der Waals surface area contributed by atoms with Crippen LogP contribution in [0, 0.1) is 0 Å². The summed E-state index contributed by atoms with van der Waals surface area (Å²) in [5, 5.41) is 1.85. The van der Waals surface area contributed by atoms with Crippen molar-refractivity contribution >= 4 is 43.1 Å². The van der Waals surface area contributed by atoms with Crippen molar-refractivity contribution in [1.29, 1.82) is 0 Å². The SMILES string of the molecule is CS(=O)(=O)c1ncc(Cl)c(C(=O)Nc2ccc(S(=O)(=O)N3CCOCC3)cc2)n1. The average Bonchev–Trinajstić information content (AvgIpc) is 2.68. The third-order valence-corrected chi connectivity index (χ3v) is 7.04. The summed E-state index contributed by atoms with van der Waals surface area (Å²) >= 11 is 5.90. The van der Waals surface area contributed by atoms with Crippen molar-refractivity contribution in [2.45, 2.75) is 10.1 Å². The van der Waals surface area contributed by atoms with E-state index in [2.05, 4.69) is 15.3 Å². The van der Waals surface area contributed by atoms with Crippen molar-refractivity contribution < 1.29 is 26.4 Å². The van der Waals surface area contributed by atoms with Crippen molar-refractivity contribution in [3.05, 3.63) is 41.2 Å².